The molecule has 0 atom stereocenters. The summed E-state index contributed by atoms with van der Waals surface area (Å²) in [7, 11) is 0. The highest BCUT2D eigenvalue weighted by Crippen LogP contribution is 2.32. The molecule has 1 aromatic carbocycles. The number of ether oxygens (including phenoxy) is 1. The third-order valence-corrected chi connectivity index (χ3v) is 2.47. The van der Waals surface area contributed by atoms with Crippen molar-refractivity contribution in [2.24, 2.45) is 0 Å². The Labute approximate surface area is 81.7 Å². The Hall–Kier alpha value is -1.58. The van der Waals surface area contributed by atoms with Crippen molar-refractivity contribution in [3.63, 3.8) is 0 Å². The van der Waals surface area contributed by atoms with Gasteiger partial charge in [-0.3, -0.25) is 10.1 Å². The molecule has 0 aromatic heterocycles. The van der Waals surface area contributed by atoms with Crippen molar-refractivity contribution in [2.45, 2.75) is 19.8 Å². The second-order valence-corrected chi connectivity index (χ2v) is 3.30. The fraction of sp³-hybridized carbons (Fsp3) is 0.400. The average molecular weight is 193 g/mol. The van der Waals surface area contributed by atoms with E-state index in [1.807, 2.05) is 6.92 Å². The van der Waals surface area contributed by atoms with Crippen LogP contribution in [-0.4, -0.2) is 11.5 Å². The lowest BCUT2D eigenvalue weighted by atomic mass is 10.1. The van der Waals surface area contributed by atoms with E-state index < -0.39 is 0 Å². The standard InChI is InChI=1S/C10H11NO3/c1-2-7-6-10-8(3-4-14-10)5-9(7)11(12)13/h5-6H,2-4H2,1H3. The first-order chi connectivity index (χ1) is 6.72. The molecule has 74 valence electrons. The molecule has 1 aliphatic heterocycles. The van der Waals surface area contributed by atoms with Crippen LogP contribution >= 0.6 is 0 Å². The molecule has 4 nitrogen and oxygen atoms in total. The van der Waals surface area contributed by atoms with E-state index in [2.05, 4.69) is 0 Å². The number of nitro benzene ring substituents is 1. The van der Waals surface area contributed by atoms with Crippen LogP contribution in [0.4, 0.5) is 5.69 Å². The van der Waals surface area contributed by atoms with E-state index in [1.54, 1.807) is 12.1 Å². The minimum Gasteiger partial charge on any atom is -0.493 e. The van der Waals surface area contributed by atoms with E-state index in [-0.39, 0.29) is 10.6 Å². The lowest BCUT2D eigenvalue weighted by Gasteiger charge is -2.03. The number of nitrogens with zero attached hydrogens (tertiary/aromatic N) is 1. The third kappa shape index (κ3) is 1.32. The summed E-state index contributed by atoms with van der Waals surface area (Å²) in [5.41, 5.74) is 1.92. The van der Waals surface area contributed by atoms with Crippen LogP contribution in [0.25, 0.3) is 0 Å². The quantitative estimate of drug-likeness (QED) is 0.533. The Bertz CT molecular complexity index is 387. The SMILES string of the molecule is CCc1cc2c(cc1[N+](=O)[O-])CCO2. The Balaban J connectivity index is 2.54. The molecule has 2 rings (SSSR count). The summed E-state index contributed by atoms with van der Waals surface area (Å²) in [4.78, 5) is 10.4. The molecular formula is C10H11NO3. The number of rotatable bonds is 2. The zero-order chi connectivity index (χ0) is 10.1. The minimum absolute atomic E-state index is 0.219. The number of hydrogen-bond acceptors (Lipinski definition) is 3. The summed E-state index contributed by atoms with van der Waals surface area (Å²) in [5, 5.41) is 10.7. The van der Waals surface area contributed by atoms with E-state index in [1.165, 1.54) is 0 Å². The number of fused-ring (bicyclic) bond motifs is 1. The minimum atomic E-state index is -0.322. The molecule has 0 amide bonds. The predicted molar refractivity (Wildman–Crippen MR) is 51.7 cm³/mol. The van der Waals surface area contributed by atoms with E-state index in [0.717, 1.165) is 23.3 Å². The van der Waals surface area contributed by atoms with Crippen LogP contribution in [0.15, 0.2) is 12.1 Å². The monoisotopic (exact) mass is 193 g/mol. The predicted octanol–water partition coefficient (Wildman–Crippen LogP) is 2.09. The molecule has 0 N–H and O–H groups in total. The van der Waals surface area contributed by atoms with Crippen LogP contribution < -0.4 is 4.74 Å². The van der Waals surface area contributed by atoms with Crippen LogP contribution in [0.5, 0.6) is 5.75 Å². The molecule has 0 unspecified atom stereocenters. The number of benzene rings is 1. The molecule has 14 heavy (non-hydrogen) atoms. The molecular weight excluding hydrogens is 182 g/mol. The molecule has 0 bridgehead atoms. The Morgan fingerprint density at radius 3 is 3.00 bits per heavy atom. The van der Waals surface area contributed by atoms with Crippen LogP contribution in [0.3, 0.4) is 0 Å². The Kier molecular flexibility index (Phi) is 2.11. The summed E-state index contributed by atoms with van der Waals surface area (Å²) in [6.07, 6.45) is 1.44. The highest BCUT2D eigenvalue weighted by atomic mass is 16.6. The number of nitro groups is 1. The molecule has 0 aliphatic carbocycles. The molecule has 1 aliphatic rings. The van der Waals surface area contributed by atoms with Gasteiger partial charge in [0.1, 0.15) is 5.75 Å². The number of aryl methyl sites for hydroxylation is 1. The second-order valence-electron chi connectivity index (χ2n) is 3.30. The molecule has 0 saturated heterocycles. The van der Waals surface area contributed by atoms with Gasteiger partial charge in [0.25, 0.3) is 5.69 Å². The molecule has 0 spiro atoms. The summed E-state index contributed by atoms with van der Waals surface area (Å²) < 4.78 is 5.35. The second kappa shape index (κ2) is 3.29. The first-order valence-electron chi connectivity index (χ1n) is 4.65. The molecule has 0 radical (unpaired) electrons. The van der Waals surface area contributed by atoms with Crippen molar-refractivity contribution in [3.8, 4) is 5.75 Å². The van der Waals surface area contributed by atoms with Gasteiger partial charge < -0.3 is 4.74 Å². The van der Waals surface area contributed by atoms with Gasteiger partial charge in [0.15, 0.2) is 0 Å². The van der Waals surface area contributed by atoms with Crippen LogP contribution in [0.2, 0.25) is 0 Å². The molecule has 0 fully saturated rings. The third-order valence-electron chi connectivity index (χ3n) is 2.47. The van der Waals surface area contributed by atoms with Gasteiger partial charge >= 0.3 is 0 Å². The zero-order valence-electron chi connectivity index (χ0n) is 7.95. The normalized spacial score (nSPS) is 13.5. The lowest BCUT2D eigenvalue weighted by Crippen LogP contribution is -1.95. The van der Waals surface area contributed by atoms with Crippen molar-refractivity contribution in [1.82, 2.24) is 0 Å². The zero-order valence-corrected chi connectivity index (χ0v) is 7.95. The Morgan fingerprint density at radius 2 is 2.36 bits per heavy atom. The van der Waals surface area contributed by atoms with E-state index in [0.29, 0.717) is 13.0 Å². The summed E-state index contributed by atoms with van der Waals surface area (Å²) in [5.74, 6) is 0.812. The summed E-state index contributed by atoms with van der Waals surface area (Å²) in [6, 6.07) is 3.43. The highest BCUT2D eigenvalue weighted by Gasteiger charge is 2.20. The van der Waals surface area contributed by atoms with Crippen LogP contribution in [-0.2, 0) is 12.8 Å². The maximum Gasteiger partial charge on any atom is 0.273 e. The van der Waals surface area contributed by atoms with Gasteiger partial charge in [-0.1, -0.05) is 6.92 Å². The van der Waals surface area contributed by atoms with Crippen LogP contribution in [0.1, 0.15) is 18.1 Å². The van der Waals surface area contributed by atoms with Gasteiger partial charge in [0.2, 0.25) is 0 Å². The van der Waals surface area contributed by atoms with Gasteiger partial charge in [-0.2, -0.15) is 0 Å². The molecule has 0 saturated carbocycles. The molecule has 1 aromatic rings. The van der Waals surface area contributed by atoms with Gasteiger partial charge in [0.05, 0.1) is 11.5 Å². The molecule has 1 heterocycles. The first-order valence-corrected chi connectivity index (χ1v) is 4.65. The van der Waals surface area contributed by atoms with E-state index in [4.69, 9.17) is 4.74 Å². The number of hydrogen-bond donors (Lipinski definition) is 0. The van der Waals surface area contributed by atoms with Gasteiger partial charge in [-0.05, 0) is 12.5 Å². The molecule has 4 heteroatoms. The fourth-order valence-electron chi connectivity index (χ4n) is 1.71. The largest absolute Gasteiger partial charge is 0.493 e. The van der Waals surface area contributed by atoms with Crippen molar-refractivity contribution < 1.29 is 9.66 Å². The van der Waals surface area contributed by atoms with Crippen molar-refractivity contribution in [2.75, 3.05) is 6.61 Å². The lowest BCUT2D eigenvalue weighted by molar-refractivity contribution is -0.385. The Morgan fingerprint density at radius 1 is 1.57 bits per heavy atom. The maximum absolute atomic E-state index is 10.7. The highest BCUT2D eigenvalue weighted by molar-refractivity contribution is 5.51. The van der Waals surface area contributed by atoms with Crippen molar-refractivity contribution >= 4 is 5.69 Å². The average Bonchev–Trinajstić information content (AvgIpc) is 2.62. The van der Waals surface area contributed by atoms with Gasteiger partial charge in [-0.25, -0.2) is 0 Å². The smallest absolute Gasteiger partial charge is 0.273 e. The summed E-state index contributed by atoms with van der Waals surface area (Å²) in [6.45, 7) is 2.54. The summed E-state index contributed by atoms with van der Waals surface area (Å²) >= 11 is 0. The van der Waals surface area contributed by atoms with E-state index in [9.17, 15) is 10.1 Å². The van der Waals surface area contributed by atoms with Gasteiger partial charge in [-0.15, -0.1) is 0 Å². The van der Waals surface area contributed by atoms with E-state index >= 15 is 0 Å². The first kappa shape index (κ1) is 8.99. The maximum atomic E-state index is 10.7. The van der Waals surface area contributed by atoms with Crippen molar-refractivity contribution in [1.29, 1.82) is 0 Å². The van der Waals surface area contributed by atoms with Crippen LogP contribution in [0, 0.1) is 10.1 Å². The van der Waals surface area contributed by atoms with Gasteiger partial charge in [0, 0.05) is 23.6 Å². The fourth-order valence-corrected chi connectivity index (χ4v) is 1.71. The van der Waals surface area contributed by atoms with Crippen molar-refractivity contribution in [3.05, 3.63) is 33.4 Å². The topological polar surface area (TPSA) is 52.4 Å².